The Morgan fingerprint density at radius 2 is 1.78 bits per heavy atom. The molecule has 0 aromatic heterocycles. The molecule has 2 atom stereocenters. The highest BCUT2D eigenvalue weighted by molar-refractivity contribution is 5.83. The van der Waals surface area contributed by atoms with Gasteiger partial charge in [-0.3, -0.25) is 4.79 Å². The molecule has 1 aromatic carbocycles. The normalized spacial score (nSPS) is 20.5. The lowest BCUT2D eigenvalue weighted by molar-refractivity contribution is -0.133. The number of nitrogens with two attached hydrogens (primary N) is 2. The highest BCUT2D eigenvalue weighted by Crippen LogP contribution is 2.24. The van der Waals surface area contributed by atoms with E-state index in [0.717, 1.165) is 62.9 Å². The topological polar surface area (TPSA) is 111 Å². The number of nitrogens with zero attached hydrogens (tertiary/aromatic N) is 2. The number of ether oxygens (including phenoxy) is 2. The Morgan fingerprint density at radius 1 is 1.09 bits per heavy atom. The van der Waals surface area contributed by atoms with Crippen LogP contribution in [0.15, 0.2) is 24.3 Å². The lowest BCUT2D eigenvalue weighted by Gasteiger charge is -2.31. The van der Waals surface area contributed by atoms with E-state index in [1.807, 2.05) is 38.1 Å². The van der Waals surface area contributed by atoms with Crippen molar-refractivity contribution in [3.63, 3.8) is 0 Å². The van der Waals surface area contributed by atoms with Gasteiger partial charge in [-0.1, -0.05) is 12.1 Å². The van der Waals surface area contributed by atoms with E-state index in [1.54, 1.807) is 9.80 Å². The van der Waals surface area contributed by atoms with E-state index < -0.39 is 6.04 Å². The molecule has 32 heavy (non-hydrogen) atoms. The molecule has 2 amide bonds. The number of benzene rings is 1. The average molecular weight is 447 g/mol. The van der Waals surface area contributed by atoms with Gasteiger partial charge in [-0.15, -0.1) is 0 Å². The fourth-order valence-corrected chi connectivity index (χ4v) is 4.40. The van der Waals surface area contributed by atoms with Crippen molar-refractivity contribution < 1.29 is 19.1 Å². The summed E-state index contributed by atoms with van der Waals surface area (Å²) >= 11 is 0. The van der Waals surface area contributed by atoms with E-state index >= 15 is 0 Å². The Hall–Kier alpha value is -2.32. The number of carbonyl (C=O) groups is 2. The lowest BCUT2D eigenvalue weighted by atomic mass is 9.92. The van der Waals surface area contributed by atoms with Crippen molar-refractivity contribution in [1.29, 1.82) is 0 Å². The number of rotatable bonds is 8. The summed E-state index contributed by atoms with van der Waals surface area (Å²) in [5, 5.41) is 0. The van der Waals surface area contributed by atoms with Crippen molar-refractivity contribution in [1.82, 2.24) is 9.80 Å². The second-order valence-electron chi connectivity index (χ2n) is 9.14. The third-order valence-electron chi connectivity index (χ3n) is 6.32. The summed E-state index contributed by atoms with van der Waals surface area (Å²) in [6.45, 7) is 6.59. The maximum absolute atomic E-state index is 12.6. The van der Waals surface area contributed by atoms with Crippen LogP contribution in [0.25, 0.3) is 0 Å². The quantitative estimate of drug-likeness (QED) is 0.594. The van der Waals surface area contributed by atoms with Gasteiger partial charge in [0.15, 0.2) is 0 Å². The molecule has 2 saturated heterocycles. The van der Waals surface area contributed by atoms with Gasteiger partial charge in [0.2, 0.25) is 5.91 Å². The van der Waals surface area contributed by atoms with Crippen LogP contribution >= 0.6 is 0 Å². The first-order valence-electron chi connectivity index (χ1n) is 11.8. The largest absolute Gasteiger partial charge is 0.494 e. The molecule has 4 N–H and O–H groups in total. The molecule has 0 unspecified atom stereocenters. The fourth-order valence-electron chi connectivity index (χ4n) is 4.40. The maximum atomic E-state index is 12.6. The highest BCUT2D eigenvalue weighted by Gasteiger charge is 2.30. The minimum Gasteiger partial charge on any atom is -0.494 e. The predicted octanol–water partition coefficient (Wildman–Crippen LogP) is 3.01. The molecular formula is C24H38N4O4. The van der Waals surface area contributed by atoms with Gasteiger partial charge >= 0.3 is 6.09 Å². The Balaban J connectivity index is 1.35. The van der Waals surface area contributed by atoms with Crippen molar-refractivity contribution in [2.45, 2.75) is 70.7 Å². The van der Waals surface area contributed by atoms with Crippen LogP contribution in [-0.4, -0.2) is 60.3 Å². The smallest absolute Gasteiger partial charge is 0.410 e. The molecule has 178 valence electrons. The molecule has 3 rings (SSSR count). The van der Waals surface area contributed by atoms with Crippen molar-refractivity contribution in [3.05, 3.63) is 29.8 Å². The van der Waals surface area contributed by atoms with Crippen LogP contribution in [-0.2, 0) is 9.53 Å². The molecule has 0 bridgehead atoms. The molecule has 0 spiro atoms. The van der Waals surface area contributed by atoms with Gasteiger partial charge in [0.1, 0.15) is 11.8 Å². The van der Waals surface area contributed by atoms with E-state index in [9.17, 15) is 9.59 Å². The summed E-state index contributed by atoms with van der Waals surface area (Å²) < 4.78 is 11.1. The van der Waals surface area contributed by atoms with Gasteiger partial charge in [-0.05, 0) is 76.0 Å². The average Bonchev–Trinajstić information content (AvgIpc) is 3.22. The van der Waals surface area contributed by atoms with Crippen LogP contribution in [0.4, 0.5) is 4.79 Å². The molecule has 2 aliphatic rings. The number of hydrogen-bond donors (Lipinski definition) is 2. The summed E-state index contributed by atoms with van der Waals surface area (Å²) in [5.41, 5.74) is 12.9. The van der Waals surface area contributed by atoms with Crippen LogP contribution in [0, 0.1) is 5.92 Å². The Labute approximate surface area is 191 Å². The monoisotopic (exact) mass is 446 g/mol. The van der Waals surface area contributed by atoms with E-state index in [4.69, 9.17) is 20.9 Å². The molecule has 2 fully saturated rings. The molecular weight excluding hydrogens is 408 g/mol. The zero-order chi connectivity index (χ0) is 23.1. The summed E-state index contributed by atoms with van der Waals surface area (Å²) in [6, 6.07) is 6.74. The van der Waals surface area contributed by atoms with E-state index in [0.29, 0.717) is 19.1 Å². The second-order valence-corrected chi connectivity index (χ2v) is 9.14. The van der Waals surface area contributed by atoms with Crippen molar-refractivity contribution in [2.24, 2.45) is 17.4 Å². The van der Waals surface area contributed by atoms with Gasteiger partial charge in [0.05, 0.1) is 18.9 Å². The van der Waals surface area contributed by atoms with Crippen LogP contribution in [0.1, 0.15) is 64.0 Å². The standard InChI is InChI=1S/C24H38N4O4/c1-17(2)32-24(30)27-14-11-18(12-15-27)5-4-16-31-20-9-7-19(8-10-20)22(26)23(29)28-13-3-6-21(28)25/h7-10,17-18,21-22H,3-6,11-16,25-26H2,1-2H3/t21-,22-/m0/s1. The van der Waals surface area contributed by atoms with E-state index in [2.05, 4.69) is 0 Å². The van der Waals surface area contributed by atoms with Gasteiger partial charge < -0.3 is 30.7 Å². The van der Waals surface area contributed by atoms with Gasteiger partial charge in [0.25, 0.3) is 0 Å². The molecule has 8 heteroatoms. The molecule has 0 saturated carbocycles. The first-order valence-corrected chi connectivity index (χ1v) is 11.8. The molecule has 0 aliphatic carbocycles. The summed E-state index contributed by atoms with van der Waals surface area (Å²) in [4.78, 5) is 28.0. The van der Waals surface area contributed by atoms with Crippen LogP contribution in [0.2, 0.25) is 0 Å². The number of piperidine rings is 1. The van der Waals surface area contributed by atoms with Gasteiger partial charge in [-0.2, -0.15) is 0 Å². The fraction of sp³-hybridized carbons (Fsp3) is 0.667. The first-order chi connectivity index (χ1) is 15.3. The predicted molar refractivity (Wildman–Crippen MR) is 123 cm³/mol. The SMILES string of the molecule is CC(C)OC(=O)N1CCC(CCCOc2ccc([C@H](N)C(=O)N3CCC[C@H]3N)cc2)CC1. The van der Waals surface area contributed by atoms with Crippen molar-refractivity contribution in [3.8, 4) is 5.75 Å². The number of amides is 2. The third-order valence-corrected chi connectivity index (χ3v) is 6.32. The minimum atomic E-state index is -0.697. The minimum absolute atomic E-state index is 0.0777. The Kier molecular flexibility index (Phi) is 8.75. The molecule has 0 radical (unpaired) electrons. The van der Waals surface area contributed by atoms with Crippen molar-refractivity contribution >= 4 is 12.0 Å². The summed E-state index contributed by atoms with van der Waals surface area (Å²) in [7, 11) is 0. The Morgan fingerprint density at radius 3 is 2.38 bits per heavy atom. The van der Waals surface area contributed by atoms with Gasteiger partial charge in [0, 0.05) is 19.6 Å². The van der Waals surface area contributed by atoms with E-state index in [1.165, 1.54) is 0 Å². The van der Waals surface area contributed by atoms with Crippen LogP contribution < -0.4 is 16.2 Å². The maximum Gasteiger partial charge on any atom is 0.410 e. The second kappa shape index (κ2) is 11.5. The third kappa shape index (κ3) is 6.59. The molecule has 2 aliphatic heterocycles. The number of hydrogen-bond acceptors (Lipinski definition) is 6. The number of likely N-dealkylation sites (tertiary alicyclic amines) is 2. The highest BCUT2D eigenvalue weighted by atomic mass is 16.6. The van der Waals surface area contributed by atoms with E-state index in [-0.39, 0.29) is 24.3 Å². The molecule has 8 nitrogen and oxygen atoms in total. The Bertz CT molecular complexity index is 747. The van der Waals surface area contributed by atoms with Gasteiger partial charge in [-0.25, -0.2) is 4.79 Å². The summed E-state index contributed by atoms with van der Waals surface area (Å²) in [5.74, 6) is 1.27. The number of carbonyl (C=O) groups excluding carboxylic acids is 2. The zero-order valence-electron chi connectivity index (χ0n) is 19.4. The van der Waals surface area contributed by atoms with Crippen molar-refractivity contribution in [2.75, 3.05) is 26.2 Å². The molecule has 1 aromatic rings. The first kappa shape index (κ1) is 24.3. The lowest BCUT2D eigenvalue weighted by Crippen LogP contribution is -2.45. The molecule has 2 heterocycles. The van der Waals surface area contributed by atoms with Crippen LogP contribution in [0.3, 0.4) is 0 Å². The zero-order valence-corrected chi connectivity index (χ0v) is 19.4. The summed E-state index contributed by atoms with van der Waals surface area (Å²) in [6.07, 6.45) is 5.32. The van der Waals surface area contributed by atoms with Crippen LogP contribution in [0.5, 0.6) is 5.75 Å².